The van der Waals surface area contributed by atoms with E-state index in [1.807, 2.05) is 0 Å². The van der Waals surface area contributed by atoms with Gasteiger partial charge in [-0.25, -0.2) is 0 Å². The standard InChI is InChI=1S/C19H26B/c1-4-6-15-11-18(17-9-8-16-12-19(16)17)14(3)20-10-5-7-13(15)2/h5,7,13,16-17,19H,3-4,6,8-10,12H2,1-2H3. The summed E-state index contributed by atoms with van der Waals surface area (Å²) < 4.78 is 0. The molecule has 1 radical (unpaired) electrons. The summed E-state index contributed by atoms with van der Waals surface area (Å²) in [6.07, 6.45) is 12.3. The number of rotatable bonds is 3. The third kappa shape index (κ3) is 2.74. The molecule has 0 amide bonds. The van der Waals surface area contributed by atoms with Gasteiger partial charge < -0.3 is 0 Å². The maximum atomic E-state index is 4.35. The van der Waals surface area contributed by atoms with Crippen LogP contribution in [0.15, 0.2) is 41.1 Å². The minimum Gasteiger partial charge on any atom is -0.118 e. The minimum absolute atomic E-state index is 0.528. The Bertz CT molecular complexity index is 490. The van der Waals surface area contributed by atoms with Crippen LogP contribution in [0.3, 0.4) is 0 Å². The monoisotopic (exact) mass is 265 g/mol. The zero-order valence-electron chi connectivity index (χ0n) is 13.0. The molecule has 0 spiro atoms. The lowest BCUT2D eigenvalue weighted by Crippen LogP contribution is -2.09. The minimum atomic E-state index is 0.528. The normalized spacial score (nSPS) is 36.2. The fourth-order valence-electron chi connectivity index (χ4n) is 4.04. The lowest BCUT2D eigenvalue weighted by molar-refractivity contribution is 0.566. The molecule has 1 aliphatic heterocycles. The molecule has 1 heterocycles. The molecule has 2 saturated carbocycles. The van der Waals surface area contributed by atoms with Gasteiger partial charge in [-0.15, -0.1) is 12.3 Å². The molecule has 0 aromatic rings. The smallest absolute Gasteiger partial charge is 0.118 e. The number of fused-ring (bicyclic) bond motifs is 1. The molecule has 2 fully saturated rings. The Morgan fingerprint density at radius 1 is 1.40 bits per heavy atom. The molecule has 0 nitrogen and oxygen atoms in total. The second-order valence-corrected chi connectivity index (χ2v) is 6.84. The molecule has 4 unspecified atom stereocenters. The van der Waals surface area contributed by atoms with Gasteiger partial charge in [0.05, 0.1) is 0 Å². The summed E-state index contributed by atoms with van der Waals surface area (Å²) in [7, 11) is 2.30. The third-order valence-corrected chi connectivity index (χ3v) is 5.35. The van der Waals surface area contributed by atoms with Crippen LogP contribution in [0.25, 0.3) is 0 Å². The van der Waals surface area contributed by atoms with E-state index < -0.39 is 0 Å². The molecule has 0 aromatic heterocycles. The Hall–Kier alpha value is -0.935. The molecule has 4 atom stereocenters. The van der Waals surface area contributed by atoms with Gasteiger partial charge in [0.1, 0.15) is 0 Å². The first-order chi connectivity index (χ1) is 9.70. The van der Waals surface area contributed by atoms with Crippen molar-refractivity contribution < 1.29 is 0 Å². The van der Waals surface area contributed by atoms with E-state index in [0.717, 1.165) is 24.1 Å². The second-order valence-electron chi connectivity index (χ2n) is 6.84. The zero-order chi connectivity index (χ0) is 14.1. The van der Waals surface area contributed by atoms with Crippen molar-refractivity contribution in [3.8, 4) is 0 Å². The molecule has 1 heteroatoms. The van der Waals surface area contributed by atoms with Crippen molar-refractivity contribution in [1.82, 2.24) is 0 Å². The number of allylic oxidation sites excluding steroid dienone is 4. The Balaban J connectivity index is 2.00. The Morgan fingerprint density at radius 3 is 2.90 bits per heavy atom. The van der Waals surface area contributed by atoms with E-state index >= 15 is 0 Å². The third-order valence-electron chi connectivity index (χ3n) is 5.35. The average molecular weight is 265 g/mol. The summed E-state index contributed by atoms with van der Waals surface area (Å²) >= 11 is 0. The summed E-state index contributed by atoms with van der Waals surface area (Å²) in [5.41, 5.74) is 8.03. The maximum absolute atomic E-state index is 4.35. The van der Waals surface area contributed by atoms with Crippen LogP contribution in [0, 0.1) is 23.7 Å². The van der Waals surface area contributed by atoms with Gasteiger partial charge in [-0.3, -0.25) is 0 Å². The first-order valence-electron chi connectivity index (χ1n) is 8.39. The Kier molecular flexibility index (Phi) is 4.08. The maximum Gasteiger partial charge on any atom is 0.156 e. The van der Waals surface area contributed by atoms with Gasteiger partial charge in [0.15, 0.2) is 7.28 Å². The summed E-state index contributed by atoms with van der Waals surface area (Å²) in [6, 6.07) is 0. The summed E-state index contributed by atoms with van der Waals surface area (Å²) in [5.74, 6) is 3.26. The van der Waals surface area contributed by atoms with Crippen LogP contribution in [0.4, 0.5) is 0 Å². The van der Waals surface area contributed by atoms with Gasteiger partial charge in [-0.2, -0.15) is 0 Å². The van der Waals surface area contributed by atoms with Crippen LogP contribution in [0.2, 0.25) is 6.32 Å². The highest BCUT2D eigenvalue weighted by Crippen LogP contribution is 2.58. The topological polar surface area (TPSA) is 0 Å². The van der Waals surface area contributed by atoms with Crippen LogP contribution in [0.5, 0.6) is 0 Å². The van der Waals surface area contributed by atoms with Crippen LogP contribution in [-0.4, -0.2) is 7.28 Å². The van der Waals surface area contributed by atoms with Crippen LogP contribution in [0.1, 0.15) is 46.0 Å². The first kappa shape index (κ1) is 14.0. The van der Waals surface area contributed by atoms with Gasteiger partial charge in [-0.05, 0) is 54.6 Å². The molecule has 0 aromatic carbocycles. The van der Waals surface area contributed by atoms with E-state index in [4.69, 9.17) is 0 Å². The van der Waals surface area contributed by atoms with Crippen molar-refractivity contribution >= 4 is 7.28 Å². The lowest BCUT2D eigenvalue weighted by atomic mass is 9.62. The van der Waals surface area contributed by atoms with E-state index in [2.05, 4.69) is 45.6 Å². The van der Waals surface area contributed by atoms with Gasteiger partial charge in [0, 0.05) is 5.92 Å². The fourth-order valence-corrected chi connectivity index (χ4v) is 4.04. The molecule has 105 valence electrons. The summed E-state index contributed by atoms with van der Waals surface area (Å²) in [6.45, 7) is 8.94. The van der Waals surface area contributed by atoms with Crippen molar-refractivity contribution in [3.05, 3.63) is 41.1 Å². The van der Waals surface area contributed by atoms with Crippen molar-refractivity contribution in [3.63, 3.8) is 0 Å². The van der Waals surface area contributed by atoms with E-state index in [0.29, 0.717) is 5.92 Å². The Labute approximate surface area is 125 Å². The van der Waals surface area contributed by atoms with E-state index in [9.17, 15) is 0 Å². The van der Waals surface area contributed by atoms with Crippen molar-refractivity contribution in [1.29, 1.82) is 0 Å². The van der Waals surface area contributed by atoms with Gasteiger partial charge in [-0.1, -0.05) is 44.2 Å². The highest BCUT2D eigenvalue weighted by molar-refractivity contribution is 6.47. The highest BCUT2D eigenvalue weighted by Gasteiger charge is 2.49. The molecular weight excluding hydrogens is 239 g/mol. The van der Waals surface area contributed by atoms with Crippen LogP contribution < -0.4 is 0 Å². The Morgan fingerprint density at radius 2 is 2.25 bits per heavy atom. The van der Waals surface area contributed by atoms with Gasteiger partial charge >= 0.3 is 0 Å². The van der Waals surface area contributed by atoms with Gasteiger partial charge in [0.25, 0.3) is 0 Å². The molecule has 0 bridgehead atoms. The van der Waals surface area contributed by atoms with Crippen molar-refractivity contribution in [2.45, 2.75) is 52.3 Å². The molecule has 20 heavy (non-hydrogen) atoms. The molecule has 3 aliphatic rings. The lowest BCUT2D eigenvalue weighted by Gasteiger charge is -2.18. The van der Waals surface area contributed by atoms with Crippen molar-refractivity contribution in [2.75, 3.05) is 0 Å². The SMILES string of the molecule is C=C1[B]CC=CC(C)C(CCC)=C=C1C1CCC2CC21. The molecule has 0 saturated heterocycles. The van der Waals surface area contributed by atoms with E-state index in [1.165, 1.54) is 48.7 Å². The number of hydrogen-bond donors (Lipinski definition) is 0. The molecular formula is C19H26B. The quantitative estimate of drug-likeness (QED) is 0.377. The average Bonchev–Trinajstić information content (AvgIpc) is 3.09. The second kappa shape index (κ2) is 5.82. The predicted molar refractivity (Wildman–Crippen MR) is 87.8 cm³/mol. The molecule has 3 rings (SSSR count). The molecule has 2 aliphatic carbocycles. The van der Waals surface area contributed by atoms with Crippen LogP contribution in [-0.2, 0) is 0 Å². The largest absolute Gasteiger partial charge is 0.156 e. The van der Waals surface area contributed by atoms with Gasteiger partial charge in [0.2, 0.25) is 0 Å². The number of hydrogen-bond acceptors (Lipinski definition) is 0. The van der Waals surface area contributed by atoms with E-state index in [1.54, 1.807) is 0 Å². The van der Waals surface area contributed by atoms with Crippen LogP contribution >= 0.6 is 0 Å². The highest BCUT2D eigenvalue weighted by atomic mass is 14.5. The summed E-state index contributed by atoms with van der Waals surface area (Å²) in [5, 5.41) is 0. The van der Waals surface area contributed by atoms with Crippen molar-refractivity contribution in [2.24, 2.45) is 23.7 Å². The summed E-state index contributed by atoms with van der Waals surface area (Å²) in [4.78, 5) is 0. The first-order valence-corrected chi connectivity index (χ1v) is 8.39. The zero-order valence-corrected chi connectivity index (χ0v) is 13.0. The predicted octanol–water partition coefficient (Wildman–Crippen LogP) is 5.13. The molecule has 0 N–H and O–H groups in total. The van der Waals surface area contributed by atoms with E-state index in [-0.39, 0.29) is 0 Å². The fraction of sp³-hybridized carbons (Fsp3) is 0.632.